The monoisotopic (exact) mass is 1020 g/mol. The molecule has 0 aromatic heterocycles. The maximum Gasteiger partial charge on any atom is 0.472 e. The fraction of sp³-hybridized carbons (Fsp3) is 0.926. The number of ether oxygens (including phenoxy) is 2. The van der Waals surface area contributed by atoms with Gasteiger partial charge >= 0.3 is 19.8 Å². The lowest BCUT2D eigenvalue weighted by Gasteiger charge is -2.36. The molecule has 0 spiro atoms. The van der Waals surface area contributed by atoms with Crippen molar-refractivity contribution in [3.63, 3.8) is 0 Å². The molecule has 0 aromatic carbocycles. The Morgan fingerprint density at radius 3 is 1.51 bits per heavy atom. The summed E-state index contributed by atoms with van der Waals surface area (Å²) >= 11 is 0. The van der Waals surface area contributed by atoms with Crippen LogP contribution >= 0.6 is 7.82 Å². The molecule has 0 saturated heterocycles. The highest BCUT2D eigenvalue weighted by Gasteiger charge is 2.39. The van der Waals surface area contributed by atoms with Crippen LogP contribution in [0.15, 0.2) is 0 Å². The number of phosphoric acid groups is 1. The second-order valence-electron chi connectivity index (χ2n) is 19.7. The van der Waals surface area contributed by atoms with Crippen LogP contribution in [0.3, 0.4) is 0 Å². The number of amides is 1. The first-order valence-corrected chi connectivity index (χ1v) is 29.8. The van der Waals surface area contributed by atoms with Gasteiger partial charge in [-0.2, -0.15) is 0 Å². The van der Waals surface area contributed by atoms with Crippen molar-refractivity contribution in [3.8, 4) is 0 Å². The highest BCUT2D eigenvalue weighted by atomic mass is 31.2. The Hall–Kier alpha value is -1.97. The van der Waals surface area contributed by atoms with Crippen molar-refractivity contribution >= 4 is 31.5 Å². The van der Waals surface area contributed by atoms with Gasteiger partial charge in [0, 0.05) is 38.4 Å². The van der Waals surface area contributed by atoms with Crippen molar-refractivity contribution in [2.45, 2.75) is 283 Å². The van der Waals surface area contributed by atoms with E-state index < -0.39 is 56.8 Å². The molecule has 16 heteroatoms. The van der Waals surface area contributed by atoms with Gasteiger partial charge in [-0.15, -0.1) is 0 Å². The van der Waals surface area contributed by atoms with E-state index in [4.69, 9.17) is 23.6 Å². The van der Waals surface area contributed by atoms with Crippen LogP contribution in [0, 0.1) is 0 Å². The molecule has 1 amide bonds. The van der Waals surface area contributed by atoms with Crippen molar-refractivity contribution in [2.24, 2.45) is 0 Å². The van der Waals surface area contributed by atoms with E-state index in [1.54, 1.807) is 0 Å². The van der Waals surface area contributed by atoms with Crippen molar-refractivity contribution in [3.05, 3.63) is 0 Å². The lowest BCUT2D eigenvalue weighted by molar-refractivity contribution is -0.161. The maximum atomic E-state index is 14.2. The molecule has 0 rings (SSSR count). The van der Waals surface area contributed by atoms with Crippen LogP contribution in [0.2, 0.25) is 0 Å². The first-order chi connectivity index (χ1) is 33.7. The number of hydrogen-bond donors (Lipinski definition) is 6. The molecule has 0 radical (unpaired) electrons. The highest BCUT2D eigenvalue weighted by Crippen LogP contribution is 2.43. The first-order valence-electron chi connectivity index (χ1n) is 28.3. The molecule has 70 heavy (non-hydrogen) atoms. The second kappa shape index (κ2) is 45.6. The fourth-order valence-electron chi connectivity index (χ4n) is 8.54. The molecule has 6 N–H and O–H groups in total. The largest absolute Gasteiger partial charge is 0.472 e. The Labute approximate surface area is 426 Å². The molecular formula is C54H106N3O12P. The smallest absolute Gasteiger partial charge is 0.462 e. The van der Waals surface area contributed by atoms with Crippen molar-refractivity contribution < 1.29 is 57.4 Å². The molecule has 15 nitrogen and oxygen atoms in total. The Morgan fingerprint density at radius 1 is 0.614 bits per heavy atom. The number of rotatable bonds is 52. The zero-order valence-corrected chi connectivity index (χ0v) is 46.2. The Balaban J connectivity index is 5.23. The quantitative estimate of drug-likeness (QED) is 0.0190. The molecule has 0 bridgehead atoms. The molecular weight excluding hydrogens is 914 g/mol. The topological polar surface area (TPSA) is 219 Å². The molecule has 5 unspecified atom stereocenters. The summed E-state index contributed by atoms with van der Waals surface area (Å²) in [6.45, 7) is 10.4. The predicted octanol–water partition coefficient (Wildman–Crippen LogP) is 11.3. The lowest BCUT2D eigenvalue weighted by atomic mass is 9.82. The van der Waals surface area contributed by atoms with E-state index in [1.807, 2.05) is 27.7 Å². The third-order valence-corrected chi connectivity index (χ3v) is 14.4. The van der Waals surface area contributed by atoms with Crippen LogP contribution in [0.4, 0.5) is 0 Å². The minimum absolute atomic E-state index is 0.0179. The first kappa shape index (κ1) is 68.0. The van der Waals surface area contributed by atoms with Gasteiger partial charge in [0.25, 0.3) is 0 Å². The van der Waals surface area contributed by atoms with E-state index in [9.17, 15) is 33.7 Å². The average Bonchev–Trinajstić information content (AvgIpc) is 3.35. The van der Waals surface area contributed by atoms with E-state index in [-0.39, 0.29) is 69.7 Å². The van der Waals surface area contributed by atoms with Gasteiger partial charge in [0.15, 0.2) is 11.9 Å². The zero-order chi connectivity index (χ0) is 52.1. The number of nitrogens with one attached hydrogen (secondary N) is 3. The average molecular weight is 1020 g/mol. The molecule has 0 fully saturated rings. The van der Waals surface area contributed by atoms with Gasteiger partial charge in [0.1, 0.15) is 6.61 Å². The van der Waals surface area contributed by atoms with Gasteiger partial charge in [-0.05, 0) is 45.4 Å². The van der Waals surface area contributed by atoms with E-state index in [0.29, 0.717) is 25.7 Å². The standard InChI is InChI=1S/C54H106N3O12P/c1-7-12-14-16-18-20-22-24-26-28-30-32-34-36-51(61)66-44-48(69-52(62)37-35-33-31-29-27-25-23-21-19-17-15-13-8-2)45-68-70(64,65)67-41-40-56-54(10-4,11-5)53(63)49(57-46(6)9-3)38-39-50(60)55-42-47(59)43-58/h46-49,56-59H,7-45H2,1-6H3,(H,55,60)(H,64,65). The summed E-state index contributed by atoms with van der Waals surface area (Å²) in [6.07, 6.45) is 30.8. The number of esters is 2. The van der Waals surface area contributed by atoms with Gasteiger partial charge < -0.3 is 40.5 Å². The Bertz CT molecular complexity index is 1340. The normalized spacial score (nSPS) is 14.4. The fourth-order valence-corrected chi connectivity index (χ4v) is 9.29. The van der Waals surface area contributed by atoms with Crippen LogP contribution in [0.5, 0.6) is 0 Å². The van der Waals surface area contributed by atoms with Crippen molar-refractivity contribution in [2.75, 3.05) is 39.5 Å². The highest BCUT2D eigenvalue weighted by molar-refractivity contribution is 7.47. The molecule has 0 aromatic rings. The van der Waals surface area contributed by atoms with E-state index >= 15 is 0 Å². The molecule has 0 aliphatic heterocycles. The number of carbonyl (C=O) groups excluding carboxylic acids is 4. The minimum atomic E-state index is -4.68. The van der Waals surface area contributed by atoms with E-state index in [2.05, 4.69) is 29.8 Å². The van der Waals surface area contributed by atoms with E-state index in [1.165, 1.54) is 116 Å². The van der Waals surface area contributed by atoms with Crippen molar-refractivity contribution in [1.82, 2.24) is 16.0 Å². The summed E-state index contributed by atoms with van der Waals surface area (Å²) in [5.41, 5.74) is -1.04. The third kappa shape index (κ3) is 37.7. The summed E-state index contributed by atoms with van der Waals surface area (Å²) < 4.78 is 34.8. The van der Waals surface area contributed by atoms with Gasteiger partial charge in [-0.25, -0.2) is 4.57 Å². The number of carbonyl (C=O) groups is 4. The molecule has 0 heterocycles. The molecule has 0 aliphatic carbocycles. The minimum Gasteiger partial charge on any atom is -0.462 e. The van der Waals surface area contributed by atoms with Gasteiger partial charge in [0.2, 0.25) is 5.91 Å². The summed E-state index contributed by atoms with van der Waals surface area (Å²) in [5, 5.41) is 27.8. The van der Waals surface area contributed by atoms with E-state index in [0.717, 1.165) is 44.9 Å². The molecule has 414 valence electrons. The van der Waals surface area contributed by atoms with Crippen molar-refractivity contribution in [1.29, 1.82) is 0 Å². The van der Waals surface area contributed by atoms with Crippen LogP contribution < -0.4 is 16.0 Å². The summed E-state index contributed by atoms with van der Waals surface area (Å²) in [7, 11) is -4.68. The number of aliphatic hydroxyl groups excluding tert-OH is 2. The SMILES string of the molecule is CCCCCCCCCCCCCCCC(=O)OCC(COP(=O)(O)OCCNC(CC)(CC)C(=O)C(CCC(=O)NCC(O)CO)NC(C)CC)OC(=O)CCCCCCCCCCCCCCC. The summed E-state index contributed by atoms with van der Waals surface area (Å²) in [4.78, 5) is 63.0. The summed E-state index contributed by atoms with van der Waals surface area (Å²) in [6, 6.07) is -0.702. The maximum absolute atomic E-state index is 14.2. The van der Waals surface area contributed by atoms with Gasteiger partial charge in [-0.3, -0.25) is 28.2 Å². The Kier molecular flexibility index (Phi) is 44.3. The number of unbranched alkanes of at least 4 members (excludes halogenated alkanes) is 24. The lowest BCUT2D eigenvalue weighted by Crippen LogP contribution is -2.59. The third-order valence-electron chi connectivity index (χ3n) is 13.4. The zero-order valence-electron chi connectivity index (χ0n) is 45.3. The van der Waals surface area contributed by atoms with Crippen LogP contribution in [-0.4, -0.2) is 108 Å². The van der Waals surface area contributed by atoms with Crippen LogP contribution in [-0.2, 0) is 42.3 Å². The number of hydrogen-bond acceptors (Lipinski definition) is 13. The number of Topliss-reactive ketones (excluding diaryl/α,β-unsaturated/α-hetero) is 1. The second-order valence-corrected chi connectivity index (χ2v) is 21.1. The van der Waals surface area contributed by atoms with Gasteiger partial charge in [-0.1, -0.05) is 189 Å². The molecule has 0 aliphatic rings. The molecule has 5 atom stereocenters. The van der Waals surface area contributed by atoms with Gasteiger partial charge in [0.05, 0.1) is 37.5 Å². The Morgan fingerprint density at radius 2 is 1.07 bits per heavy atom. The van der Waals surface area contributed by atoms with Crippen LogP contribution in [0.25, 0.3) is 0 Å². The summed E-state index contributed by atoms with van der Waals surface area (Å²) in [5.74, 6) is -1.44. The van der Waals surface area contributed by atoms with Crippen LogP contribution in [0.1, 0.15) is 253 Å². The number of phosphoric ester groups is 1. The molecule has 0 saturated carbocycles. The predicted molar refractivity (Wildman–Crippen MR) is 282 cm³/mol. The number of ketones is 1. The number of aliphatic hydroxyl groups is 2.